The Labute approximate surface area is 102 Å². The lowest BCUT2D eigenvalue weighted by Gasteiger charge is -2.06. The highest BCUT2D eigenvalue weighted by Crippen LogP contribution is 2.27. The van der Waals surface area contributed by atoms with Gasteiger partial charge in [0, 0.05) is 5.69 Å². The zero-order valence-corrected chi connectivity index (χ0v) is 9.69. The zero-order valence-electron chi connectivity index (χ0n) is 8.94. The zero-order chi connectivity index (χ0) is 12.3. The molecule has 0 fully saturated rings. The lowest BCUT2D eigenvalue weighted by Crippen LogP contribution is -2.10. The van der Waals surface area contributed by atoms with Crippen molar-refractivity contribution in [3.05, 3.63) is 41.2 Å². The van der Waals surface area contributed by atoms with E-state index in [1.54, 1.807) is 18.2 Å². The van der Waals surface area contributed by atoms with E-state index in [4.69, 9.17) is 16.3 Å². The smallest absolute Gasteiger partial charge is 0.260 e. The topological polar surface area (TPSA) is 64.4 Å². The summed E-state index contributed by atoms with van der Waals surface area (Å²) in [4.78, 5) is 11.7. The molecule has 0 spiro atoms. The van der Waals surface area contributed by atoms with Crippen LogP contribution in [-0.4, -0.2) is 18.2 Å². The van der Waals surface area contributed by atoms with Crippen molar-refractivity contribution >= 4 is 23.2 Å². The van der Waals surface area contributed by atoms with E-state index in [9.17, 15) is 4.79 Å². The Balaban J connectivity index is 2.14. The summed E-state index contributed by atoms with van der Waals surface area (Å²) in [5.41, 5.74) is 0.916. The number of aromatic nitrogens is 1. The molecule has 0 saturated heterocycles. The van der Waals surface area contributed by atoms with E-state index in [0.717, 1.165) is 0 Å². The average Bonchev–Trinajstić information content (AvgIpc) is 2.82. The van der Waals surface area contributed by atoms with Gasteiger partial charge in [-0.25, -0.2) is 0 Å². The predicted molar refractivity (Wildman–Crippen MR) is 62.5 cm³/mol. The monoisotopic (exact) mass is 252 g/mol. The largest absolute Gasteiger partial charge is 0.495 e. The van der Waals surface area contributed by atoms with Gasteiger partial charge in [-0.15, -0.1) is 0 Å². The summed E-state index contributed by atoms with van der Waals surface area (Å²) >= 11 is 5.93. The fourth-order valence-electron chi connectivity index (χ4n) is 1.26. The molecular formula is C11H9ClN2O3. The van der Waals surface area contributed by atoms with Crippen molar-refractivity contribution in [3.63, 3.8) is 0 Å². The molecule has 5 nitrogen and oxygen atoms in total. The van der Waals surface area contributed by atoms with Crippen LogP contribution < -0.4 is 10.1 Å². The number of amides is 1. The fourth-order valence-corrected chi connectivity index (χ4v) is 1.52. The van der Waals surface area contributed by atoms with Crippen molar-refractivity contribution < 1.29 is 14.1 Å². The molecule has 1 N–H and O–H groups in total. The van der Waals surface area contributed by atoms with Crippen LogP contribution in [-0.2, 0) is 0 Å². The number of hydrogen-bond acceptors (Lipinski definition) is 4. The highest BCUT2D eigenvalue weighted by molar-refractivity contribution is 6.32. The van der Waals surface area contributed by atoms with Gasteiger partial charge in [-0.1, -0.05) is 16.8 Å². The molecule has 1 amide bonds. The normalized spacial score (nSPS) is 10.0. The van der Waals surface area contributed by atoms with E-state index in [1.807, 2.05) is 0 Å². The maximum absolute atomic E-state index is 11.7. The number of hydrogen-bond donors (Lipinski definition) is 1. The molecule has 1 heterocycles. The number of ether oxygens (including phenoxy) is 1. The van der Waals surface area contributed by atoms with E-state index in [2.05, 4.69) is 15.0 Å². The summed E-state index contributed by atoms with van der Waals surface area (Å²) in [5, 5.41) is 6.53. The van der Waals surface area contributed by atoms with Gasteiger partial charge in [-0.05, 0) is 18.2 Å². The molecule has 6 heteroatoms. The first-order valence-corrected chi connectivity index (χ1v) is 5.13. The molecule has 1 aromatic heterocycles. The van der Waals surface area contributed by atoms with Crippen LogP contribution in [0.1, 0.15) is 10.4 Å². The van der Waals surface area contributed by atoms with Crippen molar-refractivity contribution in [2.24, 2.45) is 0 Å². The average molecular weight is 253 g/mol. The van der Waals surface area contributed by atoms with Gasteiger partial charge in [0.05, 0.1) is 23.9 Å². The molecule has 17 heavy (non-hydrogen) atoms. The third-order valence-corrected chi connectivity index (χ3v) is 2.40. The molecule has 0 bridgehead atoms. The first kappa shape index (κ1) is 11.5. The number of rotatable bonds is 3. The van der Waals surface area contributed by atoms with Gasteiger partial charge in [-0.2, -0.15) is 0 Å². The van der Waals surface area contributed by atoms with Gasteiger partial charge in [0.1, 0.15) is 12.0 Å². The summed E-state index contributed by atoms with van der Waals surface area (Å²) in [6.07, 6.45) is 2.60. The van der Waals surface area contributed by atoms with Gasteiger partial charge < -0.3 is 14.6 Å². The minimum atomic E-state index is -0.313. The minimum Gasteiger partial charge on any atom is -0.495 e. The van der Waals surface area contributed by atoms with Gasteiger partial charge in [-0.3, -0.25) is 4.79 Å². The summed E-state index contributed by atoms with van der Waals surface area (Å²) < 4.78 is 9.58. The Morgan fingerprint density at radius 2 is 2.35 bits per heavy atom. The molecule has 2 aromatic rings. The Morgan fingerprint density at radius 1 is 1.53 bits per heavy atom. The van der Waals surface area contributed by atoms with Crippen LogP contribution in [0.5, 0.6) is 5.75 Å². The van der Waals surface area contributed by atoms with Gasteiger partial charge in [0.25, 0.3) is 5.91 Å². The first-order chi connectivity index (χ1) is 8.20. The lowest BCUT2D eigenvalue weighted by atomic mass is 10.2. The molecule has 1 aromatic carbocycles. The van der Waals surface area contributed by atoms with Crippen LogP contribution in [0.4, 0.5) is 5.69 Å². The lowest BCUT2D eigenvalue weighted by molar-refractivity contribution is 0.102. The van der Waals surface area contributed by atoms with Gasteiger partial charge >= 0.3 is 0 Å². The van der Waals surface area contributed by atoms with Crippen LogP contribution in [0.15, 0.2) is 35.2 Å². The number of nitrogens with zero attached hydrogens (tertiary/aromatic N) is 1. The SMILES string of the molecule is COc1ccc(NC(=O)c2cnoc2)cc1Cl. The van der Waals surface area contributed by atoms with E-state index in [1.165, 1.54) is 19.6 Å². The van der Waals surface area contributed by atoms with Crippen molar-refractivity contribution in [3.8, 4) is 5.75 Å². The Hall–Kier alpha value is -2.01. The molecule has 0 aliphatic rings. The maximum atomic E-state index is 11.7. The minimum absolute atomic E-state index is 0.313. The molecule has 0 radical (unpaired) electrons. The number of benzene rings is 1. The van der Waals surface area contributed by atoms with Gasteiger partial charge in [0.2, 0.25) is 0 Å². The van der Waals surface area contributed by atoms with Gasteiger partial charge in [0.15, 0.2) is 0 Å². The summed E-state index contributed by atoms with van der Waals surface area (Å²) in [7, 11) is 1.52. The summed E-state index contributed by atoms with van der Waals surface area (Å²) in [6.45, 7) is 0. The number of nitrogens with one attached hydrogen (secondary N) is 1. The van der Waals surface area contributed by atoms with Crippen molar-refractivity contribution in [2.45, 2.75) is 0 Å². The molecule has 88 valence electrons. The molecule has 0 saturated carbocycles. The third-order valence-electron chi connectivity index (χ3n) is 2.10. The second-order valence-corrected chi connectivity index (χ2v) is 3.62. The second-order valence-electron chi connectivity index (χ2n) is 3.22. The molecule has 0 aliphatic heterocycles. The number of methoxy groups -OCH3 is 1. The predicted octanol–water partition coefficient (Wildman–Crippen LogP) is 2.59. The molecule has 2 rings (SSSR count). The van der Waals surface area contributed by atoms with Crippen LogP contribution in [0.25, 0.3) is 0 Å². The van der Waals surface area contributed by atoms with E-state index >= 15 is 0 Å². The summed E-state index contributed by atoms with van der Waals surface area (Å²) in [6, 6.07) is 4.97. The third kappa shape index (κ3) is 2.57. The highest BCUT2D eigenvalue weighted by Gasteiger charge is 2.09. The quantitative estimate of drug-likeness (QED) is 0.912. The molecular weight excluding hydrogens is 244 g/mol. The van der Waals surface area contributed by atoms with E-state index in [-0.39, 0.29) is 5.91 Å². The van der Waals surface area contributed by atoms with Crippen molar-refractivity contribution in [1.82, 2.24) is 5.16 Å². The molecule has 0 aliphatic carbocycles. The summed E-state index contributed by atoms with van der Waals surface area (Å²) in [5.74, 6) is 0.238. The first-order valence-electron chi connectivity index (χ1n) is 4.75. The fraction of sp³-hybridized carbons (Fsp3) is 0.0909. The number of halogens is 1. The number of carbonyl (C=O) groups is 1. The van der Waals surface area contributed by atoms with Crippen LogP contribution >= 0.6 is 11.6 Å². The van der Waals surface area contributed by atoms with Crippen LogP contribution in [0, 0.1) is 0 Å². The molecule has 0 unspecified atom stereocenters. The number of carbonyl (C=O) groups excluding carboxylic acids is 1. The Kier molecular flexibility index (Phi) is 3.30. The Morgan fingerprint density at radius 3 is 2.94 bits per heavy atom. The molecule has 0 atom stereocenters. The van der Waals surface area contributed by atoms with Crippen LogP contribution in [0.3, 0.4) is 0 Å². The number of anilines is 1. The highest BCUT2D eigenvalue weighted by atomic mass is 35.5. The van der Waals surface area contributed by atoms with Crippen LogP contribution in [0.2, 0.25) is 5.02 Å². The second kappa shape index (κ2) is 4.88. The van der Waals surface area contributed by atoms with E-state index in [0.29, 0.717) is 22.0 Å². The Bertz CT molecular complexity index is 526. The maximum Gasteiger partial charge on any atom is 0.260 e. The van der Waals surface area contributed by atoms with E-state index < -0.39 is 0 Å². The van der Waals surface area contributed by atoms with Crippen molar-refractivity contribution in [2.75, 3.05) is 12.4 Å². The standard InChI is InChI=1S/C11H9ClN2O3/c1-16-10-3-2-8(4-9(10)12)14-11(15)7-5-13-17-6-7/h2-6H,1H3,(H,14,15). The van der Waals surface area contributed by atoms with Crippen molar-refractivity contribution in [1.29, 1.82) is 0 Å².